The fourth-order valence-electron chi connectivity index (χ4n) is 1.83. The molecule has 0 amide bonds. The van der Waals surface area contributed by atoms with E-state index in [1.54, 1.807) is 0 Å². The lowest BCUT2D eigenvalue weighted by Crippen LogP contribution is -2.11. The molecule has 0 saturated heterocycles. The minimum Gasteiger partial charge on any atom is -0.450 e. The third-order valence-electron chi connectivity index (χ3n) is 2.60. The minimum absolute atomic E-state index is 0.808. The van der Waals surface area contributed by atoms with E-state index in [0.29, 0.717) is 0 Å². The molecule has 15 heavy (non-hydrogen) atoms. The van der Waals surface area contributed by atoms with Gasteiger partial charge in [0.1, 0.15) is 0 Å². The van der Waals surface area contributed by atoms with Gasteiger partial charge < -0.3 is 9.47 Å². The number of ether oxygens (including phenoxy) is 2. The van der Waals surface area contributed by atoms with Gasteiger partial charge in [-0.2, -0.15) is 0 Å². The molecule has 1 aromatic carbocycles. The van der Waals surface area contributed by atoms with Crippen LogP contribution in [0.25, 0.3) is 0 Å². The number of rotatable bonds is 0. The highest BCUT2D eigenvalue weighted by Gasteiger charge is 2.21. The van der Waals surface area contributed by atoms with Crippen molar-refractivity contribution in [3.63, 3.8) is 0 Å². The highest BCUT2D eigenvalue weighted by atomic mass is 16.6. The molecule has 3 rings (SSSR count). The van der Waals surface area contributed by atoms with E-state index in [1.165, 1.54) is 0 Å². The van der Waals surface area contributed by atoms with Gasteiger partial charge in [-0.1, -0.05) is 12.1 Å². The largest absolute Gasteiger partial charge is 0.450 e. The summed E-state index contributed by atoms with van der Waals surface area (Å²) in [6.07, 6.45) is 7.49. The molecule has 0 N–H and O–H groups in total. The van der Waals surface area contributed by atoms with Crippen molar-refractivity contribution in [3.05, 3.63) is 47.9 Å². The molecular weight excluding hydrogens is 188 g/mol. The van der Waals surface area contributed by atoms with Gasteiger partial charge in [-0.25, -0.2) is 0 Å². The lowest BCUT2D eigenvalue weighted by molar-refractivity contribution is 0.293. The van der Waals surface area contributed by atoms with Gasteiger partial charge in [0.25, 0.3) is 0 Å². The van der Waals surface area contributed by atoms with Gasteiger partial charge in [-0.05, 0) is 43.5 Å². The maximum atomic E-state index is 5.78. The highest BCUT2D eigenvalue weighted by Crippen LogP contribution is 2.37. The Morgan fingerprint density at radius 2 is 1.33 bits per heavy atom. The second kappa shape index (κ2) is 3.46. The normalized spacial score (nSPS) is 18.4. The van der Waals surface area contributed by atoms with Crippen LogP contribution in [0.5, 0.6) is 11.5 Å². The Hall–Kier alpha value is -1.70. The molecule has 0 atom stereocenters. The average Bonchev–Trinajstić information content (AvgIpc) is 2.50. The molecule has 2 heteroatoms. The Balaban J connectivity index is 2.04. The summed E-state index contributed by atoms with van der Waals surface area (Å²) < 4.78 is 11.6. The third-order valence-corrected chi connectivity index (χ3v) is 2.60. The molecule has 0 fully saturated rings. The van der Waals surface area contributed by atoms with Crippen LogP contribution in [0.3, 0.4) is 0 Å². The van der Waals surface area contributed by atoms with Crippen LogP contribution in [-0.2, 0) is 0 Å². The Bertz CT molecular complexity index is 403. The van der Waals surface area contributed by atoms with Crippen molar-refractivity contribution in [1.82, 2.24) is 0 Å². The maximum absolute atomic E-state index is 5.78. The van der Waals surface area contributed by atoms with Crippen LogP contribution >= 0.6 is 0 Å². The quantitative estimate of drug-likeness (QED) is 0.639. The molecule has 2 aliphatic rings. The summed E-state index contributed by atoms with van der Waals surface area (Å²) in [6.45, 7) is 0. The molecule has 0 saturated carbocycles. The van der Waals surface area contributed by atoms with E-state index in [-0.39, 0.29) is 0 Å². The van der Waals surface area contributed by atoms with Gasteiger partial charge in [0, 0.05) is 0 Å². The lowest BCUT2D eigenvalue weighted by Gasteiger charge is -2.21. The molecule has 76 valence electrons. The van der Waals surface area contributed by atoms with Crippen LogP contribution < -0.4 is 9.47 Å². The van der Waals surface area contributed by atoms with Crippen molar-refractivity contribution in [2.45, 2.75) is 19.3 Å². The van der Waals surface area contributed by atoms with Gasteiger partial charge in [-0.3, -0.25) is 0 Å². The van der Waals surface area contributed by atoms with Crippen LogP contribution in [0.1, 0.15) is 19.3 Å². The zero-order valence-corrected chi connectivity index (χ0v) is 8.40. The summed E-state index contributed by atoms with van der Waals surface area (Å²) in [4.78, 5) is 0. The van der Waals surface area contributed by atoms with Gasteiger partial charge in [0.05, 0.1) is 0 Å². The Kier molecular flexibility index (Phi) is 1.98. The van der Waals surface area contributed by atoms with E-state index < -0.39 is 0 Å². The van der Waals surface area contributed by atoms with Crippen molar-refractivity contribution in [2.75, 3.05) is 0 Å². The van der Waals surface area contributed by atoms with Crippen molar-refractivity contribution in [3.8, 4) is 11.5 Å². The highest BCUT2D eigenvalue weighted by molar-refractivity contribution is 5.47. The minimum atomic E-state index is 0.808. The zero-order valence-electron chi connectivity index (χ0n) is 8.40. The molecule has 2 nitrogen and oxygen atoms in total. The van der Waals surface area contributed by atoms with Crippen LogP contribution in [0.4, 0.5) is 0 Å². The summed E-state index contributed by atoms with van der Waals surface area (Å²) in [5.74, 6) is 3.35. The van der Waals surface area contributed by atoms with Crippen LogP contribution in [0, 0.1) is 0 Å². The van der Waals surface area contributed by atoms with E-state index >= 15 is 0 Å². The third kappa shape index (κ3) is 1.52. The topological polar surface area (TPSA) is 18.5 Å². The lowest BCUT2D eigenvalue weighted by atomic mass is 10.2. The summed E-state index contributed by atoms with van der Waals surface area (Å²) in [5, 5.41) is 0. The number of fused-ring (bicyclic) bond motifs is 2. The number of hydrogen-bond donors (Lipinski definition) is 0. The summed E-state index contributed by atoms with van der Waals surface area (Å²) in [7, 11) is 0. The first kappa shape index (κ1) is 8.60. The molecule has 0 unspecified atom stereocenters. The van der Waals surface area contributed by atoms with E-state index in [1.807, 2.05) is 24.3 Å². The average molecular weight is 200 g/mol. The predicted octanol–water partition coefficient (Wildman–Crippen LogP) is 3.41. The Morgan fingerprint density at radius 3 is 1.87 bits per heavy atom. The smallest absolute Gasteiger partial charge is 0.170 e. The van der Waals surface area contributed by atoms with Crippen molar-refractivity contribution in [2.24, 2.45) is 0 Å². The fraction of sp³-hybridized carbons (Fsp3) is 0.231. The van der Waals surface area contributed by atoms with Gasteiger partial charge in [-0.15, -0.1) is 0 Å². The van der Waals surface area contributed by atoms with E-state index in [4.69, 9.17) is 9.47 Å². The van der Waals surface area contributed by atoms with Crippen LogP contribution in [-0.4, -0.2) is 0 Å². The van der Waals surface area contributed by atoms with Gasteiger partial charge in [0.2, 0.25) is 0 Å². The fourth-order valence-corrected chi connectivity index (χ4v) is 1.83. The predicted molar refractivity (Wildman–Crippen MR) is 57.7 cm³/mol. The van der Waals surface area contributed by atoms with Crippen molar-refractivity contribution in [1.29, 1.82) is 0 Å². The zero-order chi connectivity index (χ0) is 10.1. The molecular formula is C13H12O2. The second-order valence-corrected chi connectivity index (χ2v) is 3.72. The first-order chi connectivity index (χ1) is 7.43. The summed E-state index contributed by atoms with van der Waals surface area (Å²) in [5.41, 5.74) is 0. The van der Waals surface area contributed by atoms with Gasteiger partial charge in [0.15, 0.2) is 23.0 Å². The summed E-state index contributed by atoms with van der Waals surface area (Å²) in [6, 6.07) is 7.76. The molecule has 0 bridgehead atoms. The molecule has 1 heterocycles. The summed E-state index contributed by atoms with van der Waals surface area (Å²) >= 11 is 0. The Labute approximate surface area is 88.8 Å². The van der Waals surface area contributed by atoms with E-state index in [0.717, 1.165) is 42.3 Å². The Morgan fingerprint density at radius 1 is 0.800 bits per heavy atom. The van der Waals surface area contributed by atoms with Gasteiger partial charge >= 0.3 is 0 Å². The molecule has 1 aromatic rings. The number of allylic oxidation sites excluding steroid dienone is 2. The number of para-hydroxylation sites is 2. The second-order valence-electron chi connectivity index (χ2n) is 3.72. The molecule has 1 aliphatic heterocycles. The number of benzene rings is 1. The van der Waals surface area contributed by atoms with Crippen LogP contribution in [0.15, 0.2) is 47.9 Å². The van der Waals surface area contributed by atoms with E-state index in [9.17, 15) is 0 Å². The number of hydrogen-bond acceptors (Lipinski definition) is 2. The SMILES string of the molecule is C1=C2Oc3ccccc3OC2=CCCC1. The van der Waals surface area contributed by atoms with Crippen molar-refractivity contribution < 1.29 is 9.47 Å². The van der Waals surface area contributed by atoms with Crippen LogP contribution in [0.2, 0.25) is 0 Å². The molecule has 0 radical (unpaired) electrons. The standard InChI is InChI=1S/C13H12O2/c1-2-6-10-11(7-3-1)15-13-9-5-4-8-12(13)14-10/h4-9H,1-3H2. The molecule has 0 spiro atoms. The monoisotopic (exact) mass is 200 g/mol. The van der Waals surface area contributed by atoms with Crippen molar-refractivity contribution >= 4 is 0 Å². The molecule has 1 aliphatic carbocycles. The maximum Gasteiger partial charge on any atom is 0.170 e. The first-order valence-corrected chi connectivity index (χ1v) is 5.29. The van der Waals surface area contributed by atoms with E-state index in [2.05, 4.69) is 12.2 Å². The molecule has 0 aromatic heterocycles. The first-order valence-electron chi connectivity index (χ1n) is 5.29.